The second-order valence-corrected chi connectivity index (χ2v) is 13.6. The van der Waals surface area contributed by atoms with Crippen LogP contribution in [0.4, 0.5) is 4.79 Å². The minimum Gasteiger partial charge on any atom is -0.481 e. The lowest BCUT2D eigenvalue weighted by atomic mass is 10.0. The number of carboxylic acids is 5. The SMILES string of the molecule is C[C@H](CCC(=O)N[C@@H](Cc1ccccc1)C(=O)NCC(N)C(=O)N[C@@H](CC(=O)O)C(=O)N[C@@H](CS)C(=O)O)NC(=O)CC[C@H](NC(=O)N[C@@H](CCC(=O)O)C(=O)O)C(=O)O. The monoisotopic (exact) mass is 870 g/mol. The first-order valence-corrected chi connectivity index (χ1v) is 18.8. The Morgan fingerprint density at radius 1 is 0.583 bits per heavy atom. The number of aliphatic carboxylic acids is 5. The zero-order valence-corrected chi connectivity index (χ0v) is 33.1. The van der Waals surface area contributed by atoms with Gasteiger partial charge in [0, 0.05) is 44.0 Å². The van der Waals surface area contributed by atoms with E-state index in [1.165, 1.54) is 0 Å². The highest BCUT2D eigenvalue weighted by molar-refractivity contribution is 7.80. The molecule has 0 aliphatic rings. The van der Waals surface area contributed by atoms with Crippen molar-refractivity contribution >= 4 is 78.0 Å². The topological polar surface area (TPSA) is 399 Å². The quantitative estimate of drug-likeness (QED) is 0.0368. The van der Waals surface area contributed by atoms with E-state index in [0.717, 1.165) is 0 Å². The van der Waals surface area contributed by atoms with E-state index in [0.29, 0.717) is 5.56 Å². The van der Waals surface area contributed by atoms with E-state index in [2.05, 4.69) is 39.2 Å². The lowest BCUT2D eigenvalue weighted by Crippen LogP contribution is -2.57. The number of amides is 7. The van der Waals surface area contributed by atoms with Crippen LogP contribution in [-0.4, -0.2) is 146 Å². The summed E-state index contributed by atoms with van der Waals surface area (Å²) in [4.78, 5) is 133. The molecule has 1 unspecified atom stereocenters. The Balaban J connectivity index is 2.80. The van der Waals surface area contributed by atoms with E-state index < -0.39 is 146 Å². The highest BCUT2D eigenvalue weighted by Crippen LogP contribution is 2.07. The molecule has 1 aromatic rings. The smallest absolute Gasteiger partial charge is 0.327 e. The highest BCUT2D eigenvalue weighted by Gasteiger charge is 2.31. The van der Waals surface area contributed by atoms with Crippen molar-refractivity contribution in [3.05, 3.63) is 35.9 Å². The summed E-state index contributed by atoms with van der Waals surface area (Å²) >= 11 is 3.81. The zero-order chi connectivity index (χ0) is 45.5. The third-order valence-electron chi connectivity index (χ3n) is 8.30. The van der Waals surface area contributed by atoms with Gasteiger partial charge in [-0.3, -0.25) is 33.6 Å². The molecule has 7 atom stereocenters. The first-order valence-electron chi connectivity index (χ1n) is 18.2. The fourth-order valence-corrected chi connectivity index (χ4v) is 5.30. The van der Waals surface area contributed by atoms with Gasteiger partial charge in [0.2, 0.25) is 29.5 Å². The maximum Gasteiger partial charge on any atom is 0.327 e. The maximum absolute atomic E-state index is 13.3. The van der Waals surface area contributed by atoms with E-state index in [4.69, 9.17) is 15.9 Å². The molecule has 0 fully saturated rings. The second-order valence-electron chi connectivity index (χ2n) is 13.3. The molecule has 1 aromatic carbocycles. The average Bonchev–Trinajstić information content (AvgIpc) is 3.17. The minimum absolute atomic E-state index is 0.0149. The van der Waals surface area contributed by atoms with E-state index in [-0.39, 0.29) is 25.0 Å². The molecule has 1 rings (SSSR count). The van der Waals surface area contributed by atoms with Crippen LogP contribution in [0.15, 0.2) is 30.3 Å². The number of nitrogens with one attached hydrogen (secondary N) is 7. The summed E-state index contributed by atoms with van der Waals surface area (Å²) in [5.41, 5.74) is 6.53. The largest absolute Gasteiger partial charge is 0.481 e. The van der Waals surface area contributed by atoms with E-state index in [1.54, 1.807) is 37.3 Å². The summed E-state index contributed by atoms with van der Waals surface area (Å²) < 4.78 is 0. The summed E-state index contributed by atoms with van der Waals surface area (Å²) in [6.45, 7) is 1.01. The fraction of sp³-hybridized carbons (Fsp3) is 0.514. The molecule has 0 saturated heterocycles. The number of hydrogen-bond donors (Lipinski definition) is 14. The maximum atomic E-state index is 13.3. The van der Waals surface area contributed by atoms with Crippen molar-refractivity contribution in [1.82, 2.24) is 37.2 Å². The van der Waals surface area contributed by atoms with Crippen molar-refractivity contribution in [3.8, 4) is 0 Å². The molecule has 0 bridgehead atoms. The van der Waals surface area contributed by atoms with E-state index >= 15 is 0 Å². The average molecular weight is 871 g/mol. The van der Waals surface area contributed by atoms with Crippen LogP contribution in [0, 0.1) is 0 Å². The van der Waals surface area contributed by atoms with Crippen LogP contribution in [0.1, 0.15) is 57.4 Å². The number of carbonyl (C=O) groups is 11. The van der Waals surface area contributed by atoms with Gasteiger partial charge in [0.25, 0.3) is 0 Å². The molecule has 14 N–H and O–H groups in total. The standard InChI is InChI=1S/C35H50N8O16S/c1-17(38-25(44)11-8-20(32(53)54)42-35(59)43-21(33(55)56)9-12-27(46)47)7-10-26(45)39-22(13-18-5-3-2-4-6-18)30(51)37-15-19(36)29(50)40-23(14-28(48)49)31(52)41-24(16-60)34(57)58/h2-6,17,19-24,60H,7-16,36H2,1H3,(H,37,51)(H,38,44)(H,39,45)(H,40,50)(H,41,52)(H,46,47)(H,48,49)(H,53,54)(H,55,56)(H,57,58)(H2,42,43,59)/t17-,19?,20+,21+,22+,23+,24+/m1/s1. The highest BCUT2D eigenvalue weighted by atomic mass is 32.1. The minimum atomic E-state index is -1.73. The molecule has 0 aromatic heterocycles. The third kappa shape index (κ3) is 20.8. The van der Waals surface area contributed by atoms with E-state index in [9.17, 15) is 68.1 Å². The van der Waals surface area contributed by atoms with Crippen LogP contribution in [0.2, 0.25) is 0 Å². The van der Waals surface area contributed by atoms with Crippen LogP contribution in [-0.2, 0) is 54.4 Å². The first-order chi connectivity index (χ1) is 28.1. The number of thiol groups is 1. The van der Waals surface area contributed by atoms with Crippen molar-refractivity contribution in [3.63, 3.8) is 0 Å². The Morgan fingerprint density at radius 2 is 1.10 bits per heavy atom. The number of urea groups is 1. The molecule has 0 aliphatic heterocycles. The molecule has 0 radical (unpaired) electrons. The first kappa shape index (κ1) is 51.5. The summed E-state index contributed by atoms with van der Waals surface area (Å²) in [5, 5.41) is 61.5. The molecular weight excluding hydrogens is 820 g/mol. The van der Waals surface area contributed by atoms with Crippen molar-refractivity contribution < 1.29 is 78.3 Å². The number of benzene rings is 1. The summed E-state index contributed by atoms with van der Waals surface area (Å²) in [6, 6.07) is -2.57. The Morgan fingerprint density at radius 3 is 1.62 bits per heavy atom. The number of carbonyl (C=O) groups excluding carboxylic acids is 6. The van der Waals surface area contributed by atoms with E-state index in [1.807, 2.05) is 10.6 Å². The lowest BCUT2D eigenvalue weighted by Gasteiger charge is -2.23. The number of carboxylic acid groups (broad SMARTS) is 5. The predicted octanol–water partition coefficient (Wildman–Crippen LogP) is -3.25. The molecule has 60 heavy (non-hydrogen) atoms. The van der Waals surface area contributed by atoms with Crippen LogP contribution in [0.5, 0.6) is 0 Å². The van der Waals surface area contributed by atoms with Gasteiger partial charge in [-0.05, 0) is 31.7 Å². The van der Waals surface area contributed by atoms with Gasteiger partial charge in [0.1, 0.15) is 36.3 Å². The van der Waals surface area contributed by atoms with Gasteiger partial charge in [-0.2, -0.15) is 12.6 Å². The molecule has 0 aliphatic carbocycles. The third-order valence-corrected chi connectivity index (χ3v) is 8.67. The molecule has 25 heteroatoms. The predicted molar refractivity (Wildman–Crippen MR) is 208 cm³/mol. The van der Waals surface area contributed by atoms with Crippen molar-refractivity contribution in [2.75, 3.05) is 12.3 Å². The Hall–Kier alpha value is -6.50. The number of rotatable bonds is 28. The molecule has 24 nitrogen and oxygen atoms in total. The van der Waals surface area contributed by atoms with Crippen LogP contribution in [0.25, 0.3) is 0 Å². The van der Waals surface area contributed by atoms with Crippen molar-refractivity contribution in [2.24, 2.45) is 5.73 Å². The van der Waals surface area contributed by atoms with Gasteiger partial charge in [-0.1, -0.05) is 30.3 Å². The van der Waals surface area contributed by atoms with Gasteiger partial charge in [-0.15, -0.1) is 0 Å². The van der Waals surface area contributed by atoms with Crippen molar-refractivity contribution in [1.29, 1.82) is 0 Å². The van der Waals surface area contributed by atoms with Gasteiger partial charge in [0.05, 0.1) is 6.42 Å². The van der Waals surface area contributed by atoms with Gasteiger partial charge < -0.3 is 68.5 Å². The molecule has 0 heterocycles. The van der Waals surface area contributed by atoms with Crippen molar-refractivity contribution in [2.45, 2.75) is 101 Å². The normalized spacial score (nSPS) is 14.2. The van der Waals surface area contributed by atoms with Gasteiger partial charge in [0.15, 0.2) is 0 Å². The van der Waals surface area contributed by atoms with Crippen LogP contribution < -0.4 is 43.0 Å². The molecule has 332 valence electrons. The Bertz CT molecular complexity index is 1720. The number of nitrogens with two attached hydrogens (primary N) is 1. The Kier molecular flexibility index (Phi) is 22.7. The zero-order valence-electron chi connectivity index (χ0n) is 32.3. The molecule has 7 amide bonds. The lowest BCUT2D eigenvalue weighted by molar-refractivity contribution is -0.143. The Labute approximate surface area is 347 Å². The van der Waals surface area contributed by atoms with Gasteiger partial charge in [-0.25, -0.2) is 19.2 Å². The summed E-state index contributed by atoms with van der Waals surface area (Å²) in [7, 11) is 0. The van der Waals surface area contributed by atoms with Gasteiger partial charge >= 0.3 is 35.9 Å². The van der Waals surface area contributed by atoms with Crippen LogP contribution in [0.3, 0.4) is 0 Å². The molecule has 0 spiro atoms. The second kappa shape index (κ2) is 26.5. The summed E-state index contributed by atoms with van der Waals surface area (Å²) in [6.07, 6.45) is -2.99. The number of hydrogen-bond acceptors (Lipinski definition) is 13. The molecule has 0 saturated carbocycles. The van der Waals surface area contributed by atoms with Crippen LogP contribution >= 0.6 is 12.6 Å². The summed E-state index contributed by atoms with van der Waals surface area (Å²) in [5.74, 6) is -11.9. The molecular formula is C35H50N8O16S. The fourth-order valence-electron chi connectivity index (χ4n) is 5.06.